The van der Waals surface area contributed by atoms with Gasteiger partial charge in [0.2, 0.25) is 0 Å². The summed E-state index contributed by atoms with van der Waals surface area (Å²) in [5.74, 6) is 0.325. The molecule has 2 unspecified atom stereocenters. The molecule has 2 saturated heterocycles. The minimum atomic E-state index is -0.277. The molecule has 1 amide bonds. The average Bonchev–Trinajstić information content (AvgIpc) is 3.41. The number of hydrogen-bond acceptors (Lipinski definition) is 5. The van der Waals surface area contributed by atoms with Gasteiger partial charge in [-0.1, -0.05) is 48.5 Å². The molecule has 2 bridgehead atoms. The van der Waals surface area contributed by atoms with Gasteiger partial charge < -0.3 is 14.4 Å². The third-order valence-corrected chi connectivity index (χ3v) is 8.26. The number of nitriles is 1. The SMILES string of the molecule is COc1cc(C(=O)C2CC3CCC(C2)N3C(=O)OCC2c3ccccc3-c3ccccc32)ccc1C#N. The molecule has 2 fully saturated rings. The van der Waals surface area contributed by atoms with Crippen molar-refractivity contribution in [2.75, 3.05) is 13.7 Å². The molecule has 3 aliphatic rings. The van der Waals surface area contributed by atoms with Gasteiger partial charge in [-0.3, -0.25) is 4.79 Å². The summed E-state index contributed by atoms with van der Waals surface area (Å²) in [6, 6.07) is 23.7. The number of piperidine rings is 1. The number of methoxy groups -OCH3 is 1. The maximum absolute atomic E-state index is 13.3. The first-order chi connectivity index (χ1) is 18.1. The summed E-state index contributed by atoms with van der Waals surface area (Å²) < 4.78 is 11.2. The van der Waals surface area contributed by atoms with Crippen molar-refractivity contribution in [3.8, 4) is 22.9 Å². The average molecular weight is 493 g/mol. The lowest BCUT2D eigenvalue weighted by atomic mass is 9.84. The number of rotatable bonds is 5. The Bertz CT molecular complexity index is 1370. The number of amides is 1. The lowest BCUT2D eigenvalue weighted by Crippen LogP contribution is -2.48. The van der Waals surface area contributed by atoms with Crippen molar-refractivity contribution in [1.29, 1.82) is 5.26 Å². The lowest BCUT2D eigenvalue weighted by molar-refractivity contribution is 0.0506. The molecule has 0 N–H and O–H groups in total. The number of carbonyl (C=O) groups excluding carboxylic acids is 2. The molecule has 2 aliphatic heterocycles. The number of ketones is 1. The Kier molecular flexibility index (Phi) is 5.92. The highest BCUT2D eigenvalue weighted by Crippen LogP contribution is 2.45. The van der Waals surface area contributed by atoms with Crippen LogP contribution < -0.4 is 4.74 Å². The molecule has 0 radical (unpaired) electrons. The third-order valence-electron chi connectivity index (χ3n) is 8.26. The summed E-state index contributed by atoms with van der Waals surface area (Å²) in [5.41, 5.74) is 5.76. The van der Waals surface area contributed by atoms with Crippen LogP contribution in [-0.4, -0.2) is 42.6 Å². The summed E-state index contributed by atoms with van der Waals surface area (Å²) >= 11 is 0. The van der Waals surface area contributed by atoms with Gasteiger partial charge in [0.15, 0.2) is 5.78 Å². The monoisotopic (exact) mass is 492 g/mol. The molecule has 186 valence electrons. The highest BCUT2D eigenvalue weighted by Gasteiger charge is 2.46. The zero-order chi connectivity index (χ0) is 25.5. The van der Waals surface area contributed by atoms with E-state index in [-0.39, 0.29) is 35.8 Å². The van der Waals surface area contributed by atoms with E-state index in [0.29, 0.717) is 36.3 Å². The third kappa shape index (κ3) is 3.95. The predicted molar refractivity (Wildman–Crippen MR) is 138 cm³/mol. The van der Waals surface area contributed by atoms with Crippen molar-refractivity contribution in [2.45, 2.75) is 43.7 Å². The number of ether oxygens (including phenoxy) is 2. The van der Waals surface area contributed by atoms with Crippen LogP contribution in [-0.2, 0) is 4.74 Å². The zero-order valence-electron chi connectivity index (χ0n) is 20.7. The van der Waals surface area contributed by atoms with Crippen LogP contribution in [0.4, 0.5) is 4.79 Å². The minimum Gasteiger partial charge on any atom is -0.495 e. The molecular weight excluding hydrogens is 464 g/mol. The van der Waals surface area contributed by atoms with Crippen LogP contribution in [0.2, 0.25) is 0 Å². The van der Waals surface area contributed by atoms with E-state index in [1.54, 1.807) is 18.2 Å². The predicted octanol–water partition coefficient (Wildman–Crippen LogP) is 5.94. The normalized spacial score (nSPS) is 21.6. The van der Waals surface area contributed by atoms with Crippen LogP contribution in [0.5, 0.6) is 5.75 Å². The summed E-state index contributed by atoms with van der Waals surface area (Å²) in [4.78, 5) is 28.5. The second-order valence-corrected chi connectivity index (χ2v) is 10.2. The van der Waals surface area contributed by atoms with Crippen molar-refractivity contribution < 1.29 is 19.1 Å². The van der Waals surface area contributed by atoms with Gasteiger partial charge in [-0.2, -0.15) is 5.26 Å². The summed E-state index contributed by atoms with van der Waals surface area (Å²) in [5, 5.41) is 9.23. The van der Waals surface area contributed by atoms with E-state index in [2.05, 4.69) is 30.3 Å². The zero-order valence-corrected chi connectivity index (χ0v) is 20.7. The van der Waals surface area contributed by atoms with Gasteiger partial charge in [0.1, 0.15) is 18.4 Å². The molecule has 2 heterocycles. The molecule has 6 nitrogen and oxygen atoms in total. The summed E-state index contributed by atoms with van der Waals surface area (Å²) in [6.45, 7) is 0.302. The van der Waals surface area contributed by atoms with E-state index in [0.717, 1.165) is 12.8 Å². The molecule has 37 heavy (non-hydrogen) atoms. The maximum atomic E-state index is 13.3. The molecule has 1 aliphatic carbocycles. The van der Waals surface area contributed by atoms with Crippen LogP contribution in [0.25, 0.3) is 11.1 Å². The highest BCUT2D eigenvalue weighted by molar-refractivity contribution is 5.98. The molecular formula is C31H28N2O4. The van der Waals surface area contributed by atoms with Crippen molar-refractivity contribution in [3.63, 3.8) is 0 Å². The maximum Gasteiger partial charge on any atom is 0.410 e. The number of fused-ring (bicyclic) bond motifs is 5. The Morgan fingerprint density at radius 3 is 2.16 bits per heavy atom. The first kappa shape index (κ1) is 23.3. The van der Waals surface area contributed by atoms with Gasteiger partial charge in [0.25, 0.3) is 0 Å². The Labute approximate surface area is 216 Å². The van der Waals surface area contributed by atoms with E-state index >= 15 is 0 Å². The van der Waals surface area contributed by atoms with Gasteiger partial charge in [0.05, 0.1) is 12.7 Å². The van der Waals surface area contributed by atoms with E-state index in [4.69, 9.17) is 9.47 Å². The van der Waals surface area contributed by atoms with Crippen molar-refractivity contribution in [2.24, 2.45) is 5.92 Å². The Hall–Kier alpha value is -4.11. The second-order valence-electron chi connectivity index (χ2n) is 10.2. The van der Waals surface area contributed by atoms with E-state index in [1.807, 2.05) is 29.2 Å². The molecule has 6 heteroatoms. The lowest BCUT2D eigenvalue weighted by Gasteiger charge is -2.37. The Morgan fingerprint density at radius 1 is 0.946 bits per heavy atom. The van der Waals surface area contributed by atoms with Crippen LogP contribution >= 0.6 is 0 Å². The fourth-order valence-corrected chi connectivity index (χ4v) is 6.53. The number of Topliss-reactive ketones (excluding diaryl/α,β-unsaturated/α-hetero) is 1. The fourth-order valence-electron chi connectivity index (χ4n) is 6.53. The molecule has 3 aromatic rings. The number of nitrogens with zero attached hydrogens (tertiary/aromatic N) is 2. The van der Waals surface area contributed by atoms with Crippen molar-refractivity contribution in [1.82, 2.24) is 4.90 Å². The number of carbonyl (C=O) groups is 2. The van der Waals surface area contributed by atoms with Crippen LogP contribution in [0.1, 0.15) is 58.6 Å². The summed E-state index contributed by atoms with van der Waals surface area (Å²) in [6.07, 6.45) is 2.74. The van der Waals surface area contributed by atoms with Gasteiger partial charge in [0, 0.05) is 29.5 Å². The molecule has 0 spiro atoms. The highest BCUT2D eigenvalue weighted by atomic mass is 16.6. The van der Waals surface area contributed by atoms with E-state index < -0.39 is 0 Å². The molecule has 2 atom stereocenters. The second kappa shape index (κ2) is 9.40. The van der Waals surface area contributed by atoms with Gasteiger partial charge in [-0.15, -0.1) is 0 Å². The van der Waals surface area contributed by atoms with Gasteiger partial charge in [-0.05, 0) is 66.1 Å². The first-order valence-electron chi connectivity index (χ1n) is 12.8. The standard InChI is InChI=1S/C31H28N2O4/c1-36-29-16-19(10-11-20(29)17-32)30(34)21-14-22-12-13-23(15-21)33(22)31(35)37-18-28-26-8-4-2-6-24(26)25-7-3-5-9-27(25)28/h2-11,16,21-23,28H,12-15,18H2,1H3. The van der Waals surface area contributed by atoms with Crippen molar-refractivity contribution in [3.05, 3.63) is 89.0 Å². The first-order valence-corrected chi connectivity index (χ1v) is 12.8. The van der Waals surface area contributed by atoms with Crippen LogP contribution in [0, 0.1) is 17.2 Å². The topological polar surface area (TPSA) is 79.6 Å². The Balaban J connectivity index is 1.14. The summed E-state index contributed by atoms with van der Waals surface area (Å²) in [7, 11) is 1.50. The Morgan fingerprint density at radius 2 is 1.57 bits per heavy atom. The van der Waals surface area contributed by atoms with Crippen LogP contribution in [0.15, 0.2) is 66.7 Å². The quantitative estimate of drug-likeness (QED) is 0.412. The van der Waals surface area contributed by atoms with Crippen molar-refractivity contribution >= 4 is 11.9 Å². The molecule has 0 saturated carbocycles. The van der Waals surface area contributed by atoms with Crippen LogP contribution in [0.3, 0.4) is 0 Å². The van der Waals surface area contributed by atoms with E-state index in [1.165, 1.54) is 29.4 Å². The number of benzene rings is 3. The fraction of sp³-hybridized carbons (Fsp3) is 0.323. The molecule has 0 aromatic heterocycles. The minimum absolute atomic E-state index is 0.00336. The number of hydrogen-bond donors (Lipinski definition) is 0. The van der Waals surface area contributed by atoms with E-state index in [9.17, 15) is 14.9 Å². The molecule has 6 rings (SSSR count). The largest absolute Gasteiger partial charge is 0.495 e. The molecule has 3 aromatic carbocycles. The van der Waals surface area contributed by atoms with Gasteiger partial charge in [-0.25, -0.2) is 4.79 Å². The smallest absolute Gasteiger partial charge is 0.410 e. The van der Waals surface area contributed by atoms with Gasteiger partial charge >= 0.3 is 6.09 Å².